The molecule has 0 radical (unpaired) electrons. The van der Waals surface area contributed by atoms with Crippen LogP contribution >= 0.6 is 23.4 Å². The molecule has 29 heavy (non-hydrogen) atoms. The zero-order valence-electron chi connectivity index (χ0n) is 16.2. The number of carbonyl (C=O) groups excluding carboxylic acids is 2. The summed E-state index contributed by atoms with van der Waals surface area (Å²) in [6.45, 7) is 1.66. The Morgan fingerprint density at radius 3 is 2.69 bits per heavy atom. The van der Waals surface area contributed by atoms with E-state index in [0.29, 0.717) is 0 Å². The molecular weight excluding hydrogens is 424 g/mol. The third kappa shape index (κ3) is 6.60. The smallest absolute Gasteiger partial charge is 0.249 e. The number of hydrogen-bond acceptors (Lipinski definition) is 6. The number of nitrogens with zero attached hydrogens (tertiary/aromatic N) is 4. The average Bonchev–Trinajstić information content (AvgIpc) is 2.71. The quantitative estimate of drug-likeness (QED) is 0.376. The molecule has 1 heterocycles. The number of halogens is 3. The lowest BCUT2D eigenvalue weighted by Gasteiger charge is -2.35. The summed E-state index contributed by atoms with van der Waals surface area (Å²) in [4.78, 5) is 39.4. The Morgan fingerprint density at radius 2 is 2.14 bits per heavy atom. The predicted octanol–water partition coefficient (Wildman–Crippen LogP) is 3.02. The highest BCUT2D eigenvalue weighted by Crippen LogP contribution is 2.33. The van der Waals surface area contributed by atoms with E-state index in [1.54, 1.807) is 12.5 Å². The molecule has 160 valence electrons. The number of nitrogens with one attached hydrogen (secondary N) is 1. The molecular formula is C18H24ClF2N5O2S. The largest absolute Gasteiger partial charge is 0.351 e. The van der Waals surface area contributed by atoms with Gasteiger partial charge in [-0.15, -0.1) is 23.4 Å². The fourth-order valence-electron chi connectivity index (χ4n) is 3.18. The topological polar surface area (TPSA) is 87.5 Å². The van der Waals surface area contributed by atoms with E-state index >= 15 is 0 Å². The normalized spacial score (nSPS) is 18.9. The summed E-state index contributed by atoms with van der Waals surface area (Å²) in [5.74, 6) is -4.07. The number of rotatable bonds is 8. The number of thioether (sulfide) groups is 1. The van der Waals surface area contributed by atoms with Gasteiger partial charge >= 0.3 is 0 Å². The minimum Gasteiger partial charge on any atom is -0.351 e. The molecule has 1 fully saturated rings. The molecule has 11 heteroatoms. The molecule has 1 aliphatic carbocycles. The number of hydrogen-bond donors (Lipinski definition) is 1. The summed E-state index contributed by atoms with van der Waals surface area (Å²) in [5, 5.41) is 2.79. The van der Waals surface area contributed by atoms with Crippen molar-refractivity contribution in [3.63, 3.8) is 0 Å². The van der Waals surface area contributed by atoms with Crippen LogP contribution in [0.3, 0.4) is 0 Å². The highest BCUT2D eigenvalue weighted by Gasteiger charge is 2.39. The van der Waals surface area contributed by atoms with Crippen molar-refractivity contribution < 1.29 is 18.4 Å². The van der Waals surface area contributed by atoms with Crippen LogP contribution in [-0.2, 0) is 9.59 Å². The Bertz CT molecular complexity index is 715. The molecule has 1 aromatic heterocycles. The summed E-state index contributed by atoms with van der Waals surface area (Å²) < 4.78 is 26.9. The van der Waals surface area contributed by atoms with E-state index in [-0.39, 0.29) is 37.3 Å². The van der Waals surface area contributed by atoms with Crippen molar-refractivity contribution in [1.29, 1.82) is 0 Å². The molecule has 0 aromatic carbocycles. The zero-order chi connectivity index (χ0) is 21.4. The van der Waals surface area contributed by atoms with Crippen LogP contribution in [0, 0.1) is 0 Å². The lowest BCUT2D eigenvalue weighted by atomic mass is 9.92. The second-order valence-electron chi connectivity index (χ2n) is 6.73. The second kappa shape index (κ2) is 10.8. The monoisotopic (exact) mass is 447 g/mol. The predicted molar refractivity (Wildman–Crippen MR) is 109 cm³/mol. The third-order valence-electron chi connectivity index (χ3n) is 4.64. The van der Waals surface area contributed by atoms with E-state index in [4.69, 9.17) is 11.6 Å². The fraction of sp³-hybridized carbons (Fsp3) is 0.611. The minimum absolute atomic E-state index is 0.162. The third-order valence-corrected chi connectivity index (χ3v) is 5.20. The van der Waals surface area contributed by atoms with Gasteiger partial charge in [-0.3, -0.25) is 24.5 Å². The minimum atomic E-state index is -2.70. The molecule has 2 unspecified atom stereocenters. The molecule has 1 saturated carbocycles. The van der Waals surface area contributed by atoms with Gasteiger partial charge < -0.3 is 10.2 Å². The van der Waals surface area contributed by atoms with Gasteiger partial charge in [0.05, 0.1) is 17.4 Å². The number of aliphatic imine (C=N–C) groups is 1. The van der Waals surface area contributed by atoms with Crippen molar-refractivity contribution >= 4 is 40.7 Å². The van der Waals surface area contributed by atoms with Crippen molar-refractivity contribution in [2.75, 3.05) is 12.1 Å². The molecule has 1 N–H and O–H groups in total. The molecule has 1 aromatic rings. The molecule has 0 aliphatic heterocycles. The van der Waals surface area contributed by atoms with Crippen LogP contribution in [0.2, 0.25) is 0 Å². The van der Waals surface area contributed by atoms with Crippen LogP contribution in [0.5, 0.6) is 0 Å². The maximum absolute atomic E-state index is 13.4. The van der Waals surface area contributed by atoms with E-state index in [9.17, 15) is 18.4 Å². The molecule has 2 atom stereocenters. The molecule has 2 amide bonds. The Morgan fingerprint density at radius 1 is 1.45 bits per heavy atom. The van der Waals surface area contributed by atoms with Gasteiger partial charge in [-0.05, 0) is 26.0 Å². The van der Waals surface area contributed by atoms with E-state index in [1.807, 2.05) is 6.26 Å². The van der Waals surface area contributed by atoms with Crippen LogP contribution in [0.15, 0.2) is 23.6 Å². The first-order valence-corrected chi connectivity index (χ1v) is 11.0. The summed E-state index contributed by atoms with van der Waals surface area (Å²) in [5.41, 5.74) is 1.81. The standard InChI is InChI=1S/C18H24ClF2N5O2S/c1-12(24-11-29-2)26(15(27)9-19)16(14-10-22-7-8-23-14)17(28)25-13-3-5-18(20,21)6-4-13/h7-8,10-13,16H,3-6,9H2,1-2H3,(H,25,28)/b24-11-. The van der Waals surface area contributed by atoms with Crippen molar-refractivity contribution in [3.05, 3.63) is 24.3 Å². The van der Waals surface area contributed by atoms with E-state index in [0.717, 1.165) is 0 Å². The Hall–Kier alpha value is -1.81. The van der Waals surface area contributed by atoms with Gasteiger partial charge in [-0.2, -0.15) is 0 Å². The second-order valence-corrected chi connectivity index (χ2v) is 7.68. The van der Waals surface area contributed by atoms with Crippen molar-refractivity contribution in [2.45, 2.75) is 56.8 Å². The first-order valence-electron chi connectivity index (χ1n) is 9.14. The molecule has 0 spiro atoms. The van der Waals surface area contributed by atoms with Crippen LogP contribution in [0.4, 0.5) is 8.78 Å². The fourth-order valence-corrected chi connectivity index (χ4v) is 3.61. The van der Waals surface area contributed by atoms with Gasteiger partial charge in [0.2, 0.25) is 17.7 Å². The van der Waals surface area contributed by atoms with Gasteiger partial charge in [0.25, 0.3) is 0 Å². The SMILES string of the molecule is CS/C=N\C(C)N(C(=O)CCl)C(C(=O)NC1CCC(F)(F)CC1)c1cnccn1. The number of alkyl halides is 3. The maximum atomic E-state index is 13.4. The van der Waals surface area contributed by atoms with E-state index in [1.165, 1.54) is 35.3 Å². The zero-order valence-corrected chi connectivity index (χ0v) is 17.8. The van der Waals surface area contributed by atoms with Crippen molar-refractivity contribution in [1.82, 2.24) is 20.2 Å². The van der Waals surface area contributed by atoms with Crippen molar-refractivity contribution in [3.8, 4) is 0 Å². The van der Waals surface area contributed by atoms with E-state index in [2.05, 4.69) is 20.3 Å². The van der Waals surface area contributed by atoms with Gasteiger partial charge in [0.15, 0.2) is 6.04 Å². The van der Waals surface area contributed by atoms with Crippen LogP contribution in [0.25, 0.3) is 0 Å². The van der Waals surface area contributed by atoms with Crippen LogP contribution in [0.1, 0.15) is 44.3 Å². The highest BCUT2D eigenvalue weighted by atomic mass is 35.5. The van der Waals surface area contributed by atoms with Crippen LogP contribution < -0.4 is 5.32 Å². The lowest BCUT2D eigenvalue weighted by Crippen LogP contribution is -2.51. The highest BCUT2D eigenvalue weighted by molar-refractivity contribution is 8.11. The summed E-state index contributed by atoms with van der Waals surface area (Å²) in [7, 11) is 0. The summed E-state index contributed by atoms with van der Waals surface area (Å²) >= 11 is 7.13. The van der Waals surface area contributed by atoms with Crippen molar-refractivity contribution in [2.24, 2.45) is 4.99 Å². The summed E-state index contributed by atoms with van der Waals surface area (Å²) in [6, 6.07) is -1.54. The Balaban J connectivity index is 2.31. The summed E-state index contributed by atoms with van der Waals surface area (Å²) in [6.07, 6.45) is 5.13. The molecule has 7 nitrogen and oxygen atoms in total. The average molecular weight is 448 g/mol. The number of aromatic nitrogens is 2. The van der Waals surface area contributed by atoms with Gasteiger partial charge in [-0.25, -0.2) is 8.78 Å². The molecule has 0 saturated heterocycles. The number of carbonyl (C=O) groups is 2. The van der Waals surface area contributed by atoms with Gasteiger partial charge in [-0.1, -0.05) is 0 Å². The first-order chi connectivity index (χ1) is 13.8. The lowest BCUT2D eigenvalue weighted by molar-refractivity contribution is -0.142. The van der Waals surface area contributed by atoms with E-state index < -0.39 is 36.0 Å². The number of amides is 2. The van der Waals surface area contributed by atoms with Crippen LogP contribution in [-0.4, -0.2) is 62.5 Å². The Kier molecular flexibility index (Phi) is 8.76. The molecule has 1 aliphatic rings. The molecule has 2 rings (SSSR count). The first kappa shape index (κ1) is 23.5. The maximum Gasteiger partial charge on any atom is 0.249 e. The van der Waals surface area contributed by atoms with Gasteiger partial charge in [0.1, 0.15) is 12.0 Å². The Labute approximate surface area is 177 Å². The van der Waals surface area contributed by atoms with Gasteiger partial charge in [0, 0.05) is 31.3 Å². The molecule has 0 bridgehead atoms.